The topological polar surface area (TPSA) is 52.2 Å². The molecule has 4 heterocycles. The predicted molar refractivity (Wildman–Crippen MR) is 107 cm³/mol. The number of fused-ring (bicyclic) bond motifs is 1. The summed E-state index contributed by atoms with van der Waals surface area (Å²) in [5.74, 6) is 1.30. The lowest BCUT2D eigenvalue weighted by Crippen LogP contribution is -2.36. The number of hydrogen-bond acceptors (Lipinski definition) is 3. The van der Waals surface area contributed by atoms with Crippen molar-refractivity contribution in [3.05, 3.63) is 59.9 Å². The van der Waals surface area contributed by atoms with Crippen molar-refractivity contribution in [2.24, 2.45) is 5.41 Å². The zero-order chi connectivity index (χ0) is 18.4. The van der Waals surface area contributed by atoms with E-state index in [0.29, 0.717) is 12.5 Å². The van der Waals surface area contributed by atoms with Crippen molar-refractivity contribution in [1.29, 1.82) is 0 Å². The smallest absolute Gasteiger partial charge is 0.231 e. The lowest BCUT2D eigenvalue weighted by Gasteiger charge is -2.24. The molecule has 5 rings (SSSR count). The van der Waals surface area contributed by atoms with Gasteiger partial charge in [-0.05, 0) is 43.5 Å². The fourth-order valence-corrected chi connectivity index (χ4v) is 4.66. The zero-order valence-electron chi connectivity index (χ0n) is 15.6. The van der Waals surface area contributed by atoms with Crippen LogP contribution < -0.4 is 4.90 Å². The van der Waals surface area contributed by atoms with Crippen molar-refractivity contribution in [3.8, 4) is 0 Å². The number of H-pyrrole nitrogens is 1. The molecule has 1 spiro atoms. The summed E-state index contributed by atoms with van der Waals surface area (Å²) < 4.78 is 0. The molecule has 2 saturated heterocycles. The molecule has 3 aromatic rings. The van der Waals surface area contributed by atoms with Crippen LogP contribution in [0.4, 0.5) is 5.82 Å². The van der Waals surface area contributed by atoms with E-state index in [9.17, 15) is 4.79 Å². The second kappa shape index (κ2) is 6.12. The molecule has 2 aliphatic rings. The Hall–Kier alpha value is -2.82. The molecule has 2 fully saturated rings. The summed E-state index contributed by atoms with van der Waals surface area (Å²) >= 11 is 0. The molecule has 5 nitrogen and oxygen atoms in total. The van der Waals surface area contributed by atoms with Gasteiger partial charge in [-0.2, -0.15) is 0 Å². The van der Waals surface area contributed by atoms with Gasteiger partial charge in [0.1, 0.15) is 5.82 Å². The van der Waals surface area contributed by atoms with E-state index in [1.54, 1.807) is 0 Å². The molecule has 1 N–H and O–H groups in total. The average Bonchev–Trinajstić information content (AvgIpc) is 3.37. The molecular weight excluding hydrogens is 336 g/mol. The summed E-state index contributed by atoms with van der Waals surface area (Å²) in [7, 11) is 0. The quantitative estimate of drug-likeness (QED) is 0.778. The summed E-state index contributed by atoms with van der Waals surface area (Å²) in [6.45, 7) is 5.23. The van der Waals surface area contributed by atoms with Crippen LogP contribution in [0.25, 0.3) is 10.9 Å². The van der Waals surface area contributed by atoms with E-state index in [1.807, 2.05) is 36.2 Å². The summed E-state index contributed by atoms with van der Waals surface area (Å²) in [6, 6.07) is 14.4. The maximum Gasteiger partial charge on any atom is 0.231 e. The molecule has 0 aliphatic carbocycles. The van der Waals surface area contributed by atoms with Crippen molar-refractivity contribution in [3.63, 3.8) is 0 Å². The molecule has 1 atom stereocenters. The van der Waals surface area contributed by atoms with Gasteiger partial charge in [-0.15, -0.1) is 0 Å². The Morgan fingerprint density at radius 3 is 2.85 bits per heavy atom. The highest BCUT2D eigenvalue weighted by Gasteiger charge is 2.50. The van der Waals surface area contributed by atoms with Crippen LogP contribution in [-0.4, -0.2) is 40.4 Å². The first-order chi connectivity index (χ1) is 13.1. The van der Waals surface area contributed by atoms with Crippen molar-refractivity contribution in [2.45, 2.75) is 26.3 Å². The van der Waals surface area contributed by atoms with E-state index in [4.69, 9.17) is 0 Å². The number of likely N-dealkylation sites (tertiary alicyclic amines) is 1. The molecule has 5 heteroatoms. The molecule has 0 saturated carbocycles. The Balaban J connectivity index is 1.34. The number of rotatable bonds is 3. The number of amides is 1. The number of aryl methyl sites for hydroxylation is 1. The van der Waals surface area contributed by atoms with Crippen LogP contribution in [0, 0.1) is 12.3 Å². The number of carbonyl (C=O) groups is 1. The summed E-state index contributed by atoms with van der Waals surface area (Å²) in [5.41, 5.74) is 3.11. The monoisotopic (exact) mass is 360 g/mol. The Kier molecular flexibility index (Phi) is 3.71. The van der Waals surface area contributed by atoms with E-state index in [2.05, 4.69) is 39.1 Å². The number of aromatic amines is 1. The number of nitrogens with zero attached hydrogens (tertiary/aromatic N) is 3. The minimum atomic E-state index is -0.239. The Labute approximate surface area is 159 Å². The maximum atomic E-state index is 13.3. The van der Waals surface area contributed by atoms with Gasteiger partial charge in [-0.1, -0.05) is 24.3 Å². The number of carbonyl (C=O) groups excluding carboxylic acids is 1. The Morgan fingerprint density at radius 2 is 1.96 bits per heavy atom. The SMILES string of the molecule is Cc1cccc(N2CCC3(CCN(Cc4c[nH]c5ccccc45)C3=O)C2)n1. The lowest BCUT2D eigenvalue weighted by molar-refractivity contribution is -0.135. The summed E-state index contributed by atoms with van der Waals surface area (Å²) in [5, 5.41) is 1.21. The van der Waals surface area contributed by atoms with Gasteiger partial charge in [0.25, 0.3) is 0 Å². The van der Waals surface area contributed by atoms with Crippen LogP contribution in [0.2, 0.25) is 0 Å². The van der Waals surface area contributed by atoms with Crippen LogP contribution in [-0.2, 0) is 11.3 Å². The summed E-state index contributed by atoms with van der Waals surface area (Å²) in [6.07, 6.45) is 3.91. The molecule has 1 amide bonds. The Bertz CT molecular complexity index is 1010. The van der Waals surface area contributed by atoms with E-state index >= 15 is 0 Å². The van der Waals surface area contributed by atoms with Gasteiger partial charge in [0.05, 0.1) is 5.41 Å². The number of hydrogen-bond donors (Lipinski definition) is 1. The fourth-order valence-electron chi connectivity index (χ4n) is 4.66. The molecular formula is C22H24N4O. The van der Waals surface area contributed by atoms with Crippen LogP contribution in [0.15, 0.2) is 48.7 Å². The van der Waals surface area contributed by atoms with Gasteiger partial charge in [0.15, 0.2) is 0 Å². The van der Waals surface area contributed by atoms with Gasteiger partial charge >= 0.3 is 0 Å². The number of para-hydroxylation sites is 1. The van der Waals surface area contributed by atoms with Gasteiger partial charge in [0, 0.05) is 49.0 Å². The lowest BCUT2D eigenvalue weighted by atomic mass is 9.85. The minimum absolute atomic E-state index is 0.239. The van der Waals surface area contributed by atoms with Gasteiger partial charge in [-0.25, -0.2) is 4.98 Å². The van der Waals surface area contributed by atoms with Crippen molar-refractivity contribution in [2.75, 3.05) is 24.5 Å². The maximum absolute atomic E-state index is 13.3. The van der Waals surface area contributed by atoms with Crippen molar-refractivity contribution in [1.82, 2.24) is 14.9 Å². The number of anilines is 1. The van der Waals surface area contributed by atoms with E-state index in [1.165, 1.54) is 10.9 Å². The summed E-state index contributed by atoms with van der Waals surface area (Å²) in [4.78, 5) is 25.6. The first-order valence-electron chi connectivity index (χ1n) is 9.68. The predicted octanol–water partition coefficient (Wildman–Crippen LogP) is 3.50. The zero-order valence-corrected chi connectivity index (χ0v) is 15.6. The molecule has 2 aromatic heterocycles. The number of benzene rings is 1. The van der Waals surface area contributed by atoms with Gasteiger partial charge in [0.2, 0.25) is 5.91 Å². The van der Waals surface area contributed by atoms with Crippen molar-refractivity contribution >= 4 is 22.6 Å². The number of aromatic nitrogens is 2. The van der Waals surface area contributed by atoms with Crippen LogP contribution in [0.5, 0.6) is 0 Å². The first kappa shape index (κ1) is 16.4. The van der Waals surface area contributed by atoms with Crippen LogP contribution in [0.3, 0.4) is 0 Å². The second-order valence-electron chi connectivity index (χ2n) is 7.93. The van der Waals surface area contributed by atoms with Gasteiger partial charge < -0.3 is 14.8 Å². The molecule has 0 radical (unpaired) electrons. The largest absolute Gasteiger partial charge is 0.361 e. The van der Waals surface area contributed by atoms with E-state index in [-0.39, 0.29) is 5.41 Å². The molecule has 0 bridgehead atoms. The standard InChI is InChI=1S/C22H24N4O/c1-16-5-4-8-20(24-16)26-12-10-22(15-26)9-11-25(21(22)27)14-17-13-23-19-7-3-2-6-18(17)19/h2-8,13,23H,9-12,14-15H2,1H3. The second-order valence-corrected chi connectivity index (χ2v) is 7.93. The molecule has 2 aliphatic heterocycles. The molecule has 27 heavy (non-hydrogen) atoms. The average molecular weight is 360 g/mol. The third-order valence-corrected chi connectivity index (χ3v) is 6.19. The van der Waals surface area contributed by atoms with Crippen molar-refractivity contribution < 1.29 is 4.79 Å². The molecule has 138 valence electrons. The minimum Gasteiger partial charge on any atom is -0.361 e. The highest BCUT2D eigenvalue weighted by molar-refractivity contribution is 5.88. The third kappa shape index (κ3) is 2.69. The Morgan fingerprint density at radius 1 is 1.11 bits per heavy atom. The normalized spacial score (nSPS) is 22.5. The first-order valence-corrected chi connectivity index (χ1v) is 9.68. The molecule has 1 aromatic carbocycles. The van der Waals surface area contributed by atoms with E-state index in [0.717, 1.165) is 49.5 Å². The highest BCUT2D eigenvalue weighted by atomic mass is 16.2. The number of pyridine rings is 1. The fraction of sp³-hybridized carbons (Fsp3) is 0.364. The highest BCUT2D eigenvalue weighted by Crippen LogP contribution is 2.42. The van der Waals surface area contributed by atoms with Crippen LogP contribution >= 0.6 is 0 Å². The van der Waals surface area contributed by atoms with Gasteiger partial charge in [-0.3, -0.25) is 4.79 Å². The molecule has 1 unspecified atom stereocenters. The van der Waals surface area contributed by atoms with E-state index < -0.39 is 0 Å². The van der Waals surface area contributed by atoms with Crippen LogP contribution in [0.1, 0.15) is 24.1 Å². The number of nitrogens with one attached hydrogen (secondary N) is 1. The third-order valence-electron chi connectivity index (χ3n) is 6.19.